The number of amides is 1. The summed E-state index contributed by atoms with van der Waals surface area (Å²) in [5.74, 6) is -3.38. The van der Waals surface area contributed by atoms with Gasteiger partial charge >= 0.3 is 6.18 Å². The van der Waals surface area contributed by atoms with Crippen LogP contribution in [0.15, 0.2) is 71.6 Å². The van der Waals surface area contributed by atoms with Gasteiger partial charge in [-0.3, -0.25) is 4.79 Å². The molecule has 3 aromatic carbocycles. The summed E-state index contributed by atoms with van der Waals surface area (Å²) in [6, 6.07) is 12.5. The van der Waals surface area contributed by atoms with Gasteiger partial charge in [0.15, 0.2) is 17.2 Å². The van der Waals surface area contributed by atoms with E-state index < -0.39 is 68.5 Å². The van der Waals surface area contributed by atoms with Crippen molar-refractivity contribution in [3.63, 3.8) is 0 Å². The first-order valence-corrected chi connectivity index (χ1v) is 14.0. The number of hydrogen-bond donors (Lipinski definition) is 5. The van der Waals surface area contributed by atoms with Crippen LogP contribution in [-0.2, 0) is 22.6 Å². The van der Waals surface area contributed by atoms with Gasteiger partial charge < -0.3 is 25.7 Å². The van der Waals surface area contributed by atoms with Crippen molar-refractivity contribution in [2.24, 2.45) is 5.92 Å². The summed E-state index contributed by atoms with van der Waals surface area (Å²) in [6.07, 6.45) is -6.09. The third kappa shape index (κ3) is 8.12. The lowest BCUT2D eigenvalue weighted by atomic mass is 10.00. The van der Waals surface area contributed by atoms with E-state index >= 15 is 0 Å². The predicted molar refractivity (Wildman–Crippen MR) is 144 cm³/mol. The lowest BCUT2D eigenvalue weighted by molar-refractivity contribution is -0.137. The Labute approximate surface area is 235 Å². The van der Waals surface area contributed by atoms with Crippen LogP contribution in [0.3, 0.4) is 0 Å². The van der Waals surface area contributed by atoms with Gasteiger partial charge in [0.25, 0.3) is 5.91 Å². The highest BCUT2D eigenvalue weighted by molar-refractivity contribution is 7.89. The maximum atomic E-state index is 13.5. The van der Waals surface area contributed by atoms with Crippen molar-refractivity contribution in [3.05, 3.63) is 83.4 Å². The van der Waals surface area contributed by atoms with E-state index in [-0.39, 0.29) is 24.4 Å². The summed E-state index contributed by atoms with van der Waals surface area (Å²) >= 11 is 0. The molecule has 1 amide bonds. The van der Waals surface area contributed by atoms with Crippen LogP contribution >= 0.6 is 0 Å². The van der Waals surface area contributed by atoms with Crippen molar-refractivity contribution in [3.8, 4) is 17.2 Å². The lowest BCUT2D eigenvalue weighted by Crippen LogP contribution is -2.51. The Balaban J connectivity index is 1.92. The van der Waals surface area contributed by atoms with Crippen LogP contribution in [0.4, 0.5) is 13.2 Å². The van der Waals surface area contributed by atoms with Crippen LogP contribution in [0, 0.1) is 5.92 Å². The molecule has 3 rings (SSSR count). The predicted octanol–water partition coefficient (Wildman–Crippen LogP) is 3.87. The van der Waals surface area contributed by atoms with Crippen LogP contribution in [0.25, 0.3) is 0 Å². The van der Waals surface area contributed by atoms with Crippen LogP contribution < -0.4 is 5.32 Å². The molecule has 0 saturated heterocycles. The Bertz CT molecular complexity index is 1420. The van der Waals surface area contributed by atoms with Crippen molar-refractivity contribution < 1.29 is 46.8 Å². The number of sulfonamides is 1. The van der Waals surface area contributed by atoms with E-state index in [1.807, 2.05) is 0 Å². The van der Waals surface area contributed by atoms with Gasteiger partial charge in [0.05, 0.1) is 22.6 Å². The zero-order valence-corrected chi connectivity index (χ0v) is 23.0. The summed E-state index contributed by atoms with van der Waals surface area (Å²) in [5, 5.41) is 43.0. The Hall–Kier alpha value is -3.81. The molecule has 2 atom stereocenters. The molecule has 0 saturated carbocycles. The largest absolute Gasteiger partial charge is 0.504 e. The Morgan fingerprint density at radius 1 is 0.927 bits per heavy atom. The molecule has 0 spiro atoms. The monoisotopic (exact) mass is 596 g/mol. The highest BCUT2D eigenvalue weighted by Crippen LogP contribution is 2.35. The molecule has 0 heterocycles. The SMILES string of the molecule is CC(C)CN(C[C@@H](O)[C@H](Cc1ccccc1)NC(=O)c1cc(O)c(O)c(O)c1)S(=O)(=O)c1ccc(C(F)(F)F)cc1. The van der Waals surface area contributed by atoms with Gasteiger partial charge in [-0.1, -0.05) is 44.2 Å². The van der Waals surface area contributed by atoms with Crippen molar-refractivity contribution in [1.29, 1.82) is 0 Å². The molecule has 3 aromatic rings. The molecule has 0 unspecified atom stereocenters. The molecule has 0 aliphatic rings. The molecule has 5 N–H and O–H groups in total. The number of alkyl halides is 3. The Morgan fingerprint density at radius 3 is 2.00 bits per heavy atom. The fourth-order valence-electron chi connectivity index (χ4n) is 4.12. The first-order chi connectivity index (χ1) is 19.1. The number of aromatic hydroxyl groups is 3. The number of carbonyl (C=O) groups excluding carboxylic acids is 1. The fraction of sp³-hybridized carbons (Fsp3) is 0.321. The number of benzene rings is 3. The lowest BCUT2D eigenvalue weighted by Gasteiger charge is -2.31. The molecule has 0 radical (unpaired) electrons. The topological polar surface area (TPSA) is 147 Å². The smallest absolute Gasteiger partial charge is 0.416 e. The maximum absolute atomic E-state index is 13.5. The van der Waals surface area contributed by atoms with Gasteiger partial charge in [-0.05, 0) is 54.3 Å². The number of phenols is 3. The van der Waals surface area contributed by atoms with Crippen molar-refractivity contribution in [2.45, 2.75) is 43.5 Å². The number of nitrogens with zero attached hydrogens (tertiary/aromatic N) is 1. The van der Waals surface area contributed by atoms with E-state index in [9.17, 15) is 46.8 Å². The first kappa shape index (κ1) is 31.7. The summed E-state index contributed by atoms with van der Waals surface area (Å²) in [7, 11) is -4.36. The number of hydrogen-bond acceptors (Lipinski definition) is 7. The van der Waals surface area contributed by atoms with Gasteiger partial charge in [0.1, 0.15) is 0 Å². The zero-order chi connectivity index (χ0) is 30.5. The second-order valence-corrected chi connectivity index (χ2v) is 11.9. The Kier molecular flexibility index (Phi) is 9.89. The highest BCUT2D eigenvalue weighted by Gasteiger charge is 2.34. The highest BCUT2D eigenvalue weighted by atomic mass is 32.2. The number of rotatable bonds is 11. The van der Waals surface area contributed by atoms with E-state index in [1.54, 1.807) is 44.2 Å². The molecule has 0 aromatic heterocycles. The number of carbonyl (C=O) groups is 1. The minimum Gasteiger partial charge on any atom is -0.504 e. The average Bonchev–Trinajstić information content (AvgIpc) is 2.90. The standard InChI is InChI=1S/C28H31F3N2O7S/c1-17(2)15-33(41(39,40)21-10-8-20(9-11-21)28(29,30)31)16-25(36)22(12-18-6-4-3-5-7-18)32-27(38)19-13-23(34)26(37)24(35)14-19/h3-11,13-14,17,22,25,34-37H,12,15-16H2,1-2H3,(H,32,38)/t22-,25+/m0/s1. The molecule has 222 valence electrons. The molecule has 9 nitrogen and oxygen atoms in total. The van der Waals surface area contributed by atoms with Crippen molar-refractivity contribution in [1.82, 2.24) is 9.62 Å². The molecule has 0 aliphatic carbocycles. The second-order valence-electron chi connectivity index (χ2n) is 9.94. The molecule has 13 heteroatoms. The molecular weight excluding hydrogens is 565 g/mol. The van der Waals surface area contributed by atoms with Crippen LogP contribution in [-0.4, -0.2) is 64.3 Å². The van der Waals surface area contributed by atoms with Crippen LogP contribution in [0.2, 0.25) is 0 Å². The number of aliphatic hydroxyl groups is 1. The van der Waals surface area contributed by atoms with E-state index in [0.29, 0.717) is 17.7 Å². The fourth-order valence-corrected chi connectivity index (χ4v) is 5.74. The summed E-state index contributed by atoms with van der Waals surface area (Å²) in [4.78, 5) is 12.6. The number of nitrogens with one attached hydrogen (secondary N) is 1. The van der Waals surface area contributed by atoms with E-state index in [0.717, 1.165) is 28.6 Å². The maximum Gasteiger partial charge on any atom is 0.416 e. The minimum absolute atomic E-state index is 0.0552. The molecular formula is C28H31F3N2O7S. The van der Waals surface area contributed by atoms with Gasteiger partial charge in [-0.15, -0.1) is 0 Å². The zero-order valence-electron chi connectivity index (χ0n) is 22.2. The summed E-state index contributed by atoms with van der Waals surface area (Å²) in [5.41, 5.74) is -0.558. The van der Waals surface area contributed by atoms with Crippen LogP contribution in [0.1, 0.15) is 35.3 Å². The Morgan fingerprint density at radius 2 is 1.49 bits per heavy atom. The summed E-state index contributed by atoms with van der Waals surface area (Å²) in [6.45, 7) is 2.88. The third-order valence-electron chi connectivity index (χ3n) is 6.19. The molecule has 0 aliphatic heterocycles. The quantitative estimate of drug-likeness (QED) is 0.211. The van der Waals surface area contributed by atoms with Crippen molar-refractivity contribution in [2.75, 3.05) is 13.1 Å². The molecule has 0 fully saturated rings. The molecule has 41 heavy (non-hydrogen) atoms. The minimum atomic E-state index is -4.65. The average molecular weight is 597 g/mol. The van der Waals surface area contributed by atoms with E-state index in [2.05, 4.69) is 5.32 Å². The number of phenolic OH excluding ortho intramolecular Hbond substituents is 3. The molecule has 0 bridgehead atoms. The van der Waals surface area contributed by atoms with Gasteiger partial charge in [0, 0.05) is 18.7 Å². The first-order valence-electron chi connectivity index (χ1n) is 12.5. The van der Waals surface area contributed by atoms with Crippen LogP contribution in [0.5, 0.6) is 17.2 Å². The van der Waals surface area contributed by atoms with E-state index in [4.69, 9.17) is 0 Å². The second kappa shape index (κ2) is 12.8. The van der Waals surface area contributed by atoms with Gasteiger partial charge in [-0.2, -0.15) is 17.5 Å². The van der Waals surface area contributed by atoms with E-state index in [1.165, 1.54) is 0 Å². The van der Waals surface area contributed by atoms with Gasteiger partial charge in [0.2, 0.25) is 10.0 Å². The summed E-state index contributed by atoms with van der Waals surface area (Å²) < 4.78 is 66.9. The van der Waals surface area contributed by atoms with Crippen molar-refractivity contribution >= 4 is 15.9 Å². The third-order valence-corrected chi connectivity index (χ3v) is 8.04. The van der Waals surface area contributed by atoms with Gasteiger partial charge in [-0.25, -0.2) is 8.42 Å². The normalized spacial score (nSPS) is 13.8. The number of halogens is 3. The number of aliphatic hydroxyl groups excluding tert-OH is 1.